The molecule has 0 aliphatic heterocycles. The fourth-order valence-corrected chi connectivity index (χ4v) is 2.94. The van der Waals surface area contributed by atoms with Crippen LogP contribution in [0.5, 0.6) is 0 Å². The van der Waals surface area contributed by atoms with Crippen LogP contribution < -0.4 is 5.32 Å². The summed E-state index contributed by atoms with van der Waals surface area (Å²) in [7, 11) is 0. The fraction of sp³-hybridized carbons (Fsp3) is 0.353. The van der Waals surface area contributed by atoms with Crippen LogP contribution in [0.15, 0.2) is 48.8 Å². The van der Waals surface area contributed by atoms with Gasteiger partial charge in [0.15, 0.2) is 0 Å². The van der Waals surface area contributed by atoms with E-state index in [1.54, 1.807) is 18.0 Å². The van der Waals surface area contributed by atoms with Crippen molar-refractivity contribution in [2.24, 2.45) is 0 Å². The van der Waals surface area contributed by atoms with Crippen LogP contribution in [0, 0.1) is 0 Å². The van der Waals surface area contributed by atoms with E-state index in [9.17, 15) is 0 Å². The maximum Gasteiger partial charge on any atom is 0.0446 e. The van der Waals surface area contributed by atoms with Crippen LogP contribution in [0.4, 0.5) is 0 Å². The van der Waals surface area contributed by atoms with Crippen LogP contribution in [0.25, 0.3) is 11.1 Å². The smallest absolute Gasteiger partial charge is 0.0446 e. The van der Waals surface area contributed by atoms with Gasteiger partial charge in [0.2, 0.25) is 0 Å². The number of aromatic nitrogens is 1. The van der Waals surface area contributed by atoms with Crippen molar-refractivity contribution in [1.29, 1.82) is 0 Å². The van der Waals surface area contributed by atoms with Gasteiger partial charge in [0.1, 0.15) is 0 Å². The van der Waals surface area contributed by atoms with E-state index >= 15 is 0 Å². The lowest BCUT2D eigenvalue weighted by Gasteiger charge is -2.17. The molecule has 0 saturated carbocycles. The van der Waals surface area contributed by atoms with Gasteiger partial charge < -0.3 is 10.4 Å². The Hall–Kier alpha value is -1.36. The number of hydrogen-bond acceptors (Lipinski definition) is 4. The molecule has 1 heterocycles. The number of rotatable bonds is 8. The molecule has 1 aromatic carbocycles. The van der Waals surface area contributed by atoms with Crippen molar-refractivity contribution in [3.8, 4) is 11.1 Å². The van der Waals surface area contributed by atoms with Gasteiger partial charge in [-0.05, 0) is 41.5 Å². The summed E-state index contributed by atoms with van der Waals surface area (Å²) in [5.41, 5.74) is 3.57. The van der Waals surface area contributed by atoms with Gasteiger partial charge in [0.25, 0.3) is 0 Å². The average molecular weight is 302 g/mol. The van der Waals surface area contributed by atoms with Gasteiger partial charge in [-0.2, -0.15) is 11.8 Å². The molecular formula is C17H22N2OS. The lowest BCUT2D eigenvalue weighted by atomic mass is 10.0. The summed E-state index contributed by atoms with van der Waals surface area (Å²) in [6.07, 6.45) is 6.56. The molecular weight excluding hydrogens is 280 g/mol. The number of pyridine rings is 1. The molecule has 1 atom stereocenters. The van der Waals surface area contributed by atoms with Gasteiger partial charge in [0, 0.05) is 37.3 Å². The van der Waals surface area contributed by atoms with Crippen molar-refractivity contribution in [3.05, 3.63) is 54.4 Å². The summed E-state index contributed by atoms with van der Waals surface area (Å²) in [5, 5.41) is 12.6. The Bertz CT molecular complexity index is 527. The highest BCUT2D eigenvalue weighted by molar-refractivity contribution is 7.98. The Kier molecular flexibility index (Phi) is 6.73. The SMILES string of the molecule is CSCC(CCO)NCc1cccc(-c2cccnc2)c1. The second-order valence-corrected chi connectivity index (χ2v) is 5.90. The molecule has 4 heteroatoms. The molecule has 0 aliphatic carbocycles. The van der Waals surface area contributed by atoms with Gasteiger partial charge in [-0.15, -0.1) is 0 Å². The first kappa shape index (κ1) is 16.0. The molecule has 112 valence electrons. The van der Waals surface area contributed by atoms with E-state index in [0.717, 1.165) is 24.3 Å². The number of nitrogens with zero attached hydrogens (tertiary/aromatic N) is 1. The van der Waals surface area contributed by atoms with Crippen LogP contribution in [0.2, 0.25) is 0 Å². The minimum atomic E-state index is 0.230. The van der Waals surface area contributed by atoms with Crippen molar-refractivity contribution >= 4 is 11.8 Å². The number of aliphatic hydroxyl groups is 1. The summed E-state index contributed by atoms with van der Waals surface area (Å²) >= 11 is 1.80. The van der Waals surface area contributed by atoms with Crippen LogP contribution in [-0.2, 0) is 6.54 Å². The van der Waals surface area contributed by atoms with Crippen molar-refractivity contribution in [2.75, 3.05) is 18.6 Å². The van der Waals surface area contributed by atoms with Crippen LogP contribution in [-0.4, -0.2) is 34.7 Å². The molecule has 1 unspecified atom stereocenters. The van der Waals surface area contributed by atoms with E-state index in [1.807, 2.05) is 12.3 Å². The average Bonchev–Trinajstić information content (AvgIpc) is 2.54. The van der Waals surface area contributed by atoms with Gasteiger partial charge in [0.05, 0.1) is 0 Å². The lowest BCUT2D eigenvalue weighted by Crippen LogP contribution is -2.31. The summed E-state index contributed by atoms with van der Waals surface area (Å²) in [6.45, 7) is 1.05. The highest BCUT2D eigenvalue weighted by Crippen LogP contribution is 2.19. The number of aliphatic hydroxyl groups excluding tert-OH is 1. The van der Waals surface area contributed by atoms with Crippen LogP contribution in [0.3, 0.4) is 0 Å². The Balaban J connectivity index is 2.01. The van der Waals surface area contributed by atoms with E-state index in [0.29, 0.717) is 6.04 Å². The molecule has 2 rings (SSSR count). The summed E-state index contributed by atoms with van der Waals surface area (Å²) in [4.78, 5) is 4.17. The first-order valence-electron chi connectivity index (χ1n) is 7.16. The van der Waals surface area contributed by atoms with Gasteiger partial charge in [-0.25, -0.2) is 0 Å². The lowest BCUT2D eigenvalue weighted by molar-refractivity contribution is 0.270. The highest BCUT2D eigenvalue weighted by atomic mass is 32.2. The molecule has 2 aromatic rings. The molecule has 0 amide bonds. The quantitative estimate of drug-likeness (QED) is 0.787. The molecule has 0 bridgehead atoms. The molecule has 2 N–H and O–H groups in total. The standard InChI is InChI=1S/C17H22N2OS/c1-21-13-17(7-9-20)19-11-14-4-2-5-15(10-14)16-6-3-8-18-12-16/h2-6,8,10,12,17,19-20H,7,9,11,13H2,1H3. The topological polar surface area (TPSA) is 45.1 Å². The van der Waals surface area contributed by atoms with E-state index in [1.165, 1.54) is 11.1 Å². The van der Waals surface area contributed by atoms with E-state index in [-0.39, 0.29) is 6.61 Å². The normalized spacial score (nSPS) is 12.3. The van der Waals surface area contributed by atoms with Crippen LogP contribution in [0.1, 0.15) is 12.0 Å². The zero-order valence-corrected chi connectivity index (χ0v) is 13.1. The van der Waals surface area contributed by atoms with Gasteiger partial charge in [-0.1, -0.05) is 24.3 Å². The van der Waals surface area contributed by atoms with E-state index < -0.39 is 0 Å². The monoisotopic (exact) mass is 302 g/mol. The van der Waals surface area contributed by atoms with Crippen molar-refractivity contribution in [3.63, 3.8) is 0 Å². The largest absolute Gasteiger partial charge is 0.396 e. The van der Waals surface area contributed by atoms with Crippen LogP contribution >= 0.6 is 11.8 Å². The minimum absolute atomic E-state index is 0.230. The predicted octanol–water partition coefficient (Wildman–Crippen LogP) is 2.95. The fourth-order valence-electron chi connectivity index (χ4n) is 2.26. The third-order valence-electron chi connectivity index (χ3n) is 3.36. The summed E-state index contributed by atoms with van der Waals surface area (Å²) in [5.74, 6) is 1.02. The van der Waals surface area contributed by atoms with E-state index in [2.05, 4.69) is 46.9 Å². The zero-order valence-electron chi connectivity index (χ0n) is 12.3. The predicted molar refractivity (Wildman–Crippen MR) is 90.4 cm³/mol. The number of nitrogens with one attached hydrogen (secondary N) is 1. The Labute approximate surface area is 130 Å². The first-order valence-corrected chi connectivity index (χ1v) is 8.55. The molecule has 0 radical (unpaired) electrons. The Morgan fingerprint density at radius 1 is 1.24 bits per heavy atom. The molecule has 1 aromatic heterocycles. The maximum atomic E-state index is 9.10. The highest BCUT2D eigenvalue weighted by Gasteiger charge is 2.07. The third-order valence-corrected chi connectivity index (χ3v) is 4.10. The molecule has 3 nitrogen and oxygen atoms in total. The van der Waals surface area contributed by atoms with Crippen molar-refractivity contribution in [1.82, 2.24) is 10.3 Å². The van der Waals surface area contributed by atoms with E-state index in [4.69, 9.17) is 5.11 Å². The van der Waals surface area contributed by atoms with Crippen molar-refractivity contribution < 1.29 is 5.11 Å². The Morgan fingerprint density at radius 2 is 2.10 bits per heavy atom. The molecule has 0 saturated heterocycles. The summed E-state index contributed by atoms with van der Waals surface area (Å²) < 4.78 is 0. The van der Waals surface area contributed by atoms with Crippen molar-refractivity contribution in [2.45, 2.75) is 19.0 Å². The molecule has 0 aliphatic rings. The number of thioether (sulfide) groups is 1. The molecule has 0 spiro atoms. The van der Waals surface area contributed by atoms with Gasteiger partial charge >= 0.3 is 0 Å². The second kappa shape index (κ2) is 8.82. The minimum Gasteiger partial charge on any atom is -0.396 e. The third kappa shape index (κ3) is 5.16. The first-order chi connectivity index (χ1) is 10.3. The number of benzene rings is 1. The summed E-state index contributed by atoms with van der Waals surface area (Å²) in [6, 6.07) is 12.9. The maximum absolute atomic E-state index is 9.10. The Morgan fingerprint density at radius 3 is 2.81 bits per heavy atom. The van der Waals surface area contributed by atoms with Gasteiger partial charge in [-0.3, -0.25) is 4.98 Å². The number of hydrogen-bond donors (Lipinski definition) is 2. The second-order valence-electron chi connectivity index (χ2n) is 4.99. The molecule has 0 fully saturated rings. The molecule has 21 heavy (non-hydrogen) atoms. The zero-order chi connectivity index (χ0) is 14.9.